The molecule has 1 saturated carbocycles. The Kier molecular flexibility index (Phi) is 6.33. The third kappa shape index (κ3) is 5.16. The zero-order chi connectivity index (χ0) is 16.8. The Bertz CT molecular complexity index is 570. The van der Waals surface area contributed by atoms with E-state index in [4.69, 9.17) is 4.74 Å². The number of H-pyrrole nitrogens is 1. The molecular weight excluding hydrogens is 294 g/mol. The number of hydrogen-bond acceptors (Lipinski definition) is 4. The fourth-order valence-electron chi connectivity index (χ4n) is 3.23. The summed E-state index contributed by atoms with van der Waals surface area (Å²) in [4.78, 5) is 29.9. The van der Waals surface area contributed by atoms with Crippen molar-refractivity contribution in [3.05, 3.63) is 28.4 Å². The fraction of sp³-hybridized carbons (Fsp3) is 0.706. The van der Waals surface area contributed by atoms with E-state index in [9.17, 15) is 9.59 Å². The average Bonchev–Trinajstić information content (AvgIpc) is 2.52. The lowest BCUT2D eigenvalue weighted by atomic mass is 9.75. The summed E-state index contributed by atoms with van der Waals surface area (Å²) >= 11 is 0. The van der Waals surface area contributed by atoms with Crippen LogP contribution in [0.1, 0.15) is 45.7 Å². The molecule has 6 nitrogen and oxygen atoms in total. The molecule has 0 aliphatic heterocycles. The fourth-order valence-corrected chi connectivity index (χ4v) is 3.23. The van der Waals surface area contributed by atoms with Gasteiger partial charge in [-0.05, 0) is 30.6 Å². The van der Waals surface area contributed by atoms with E-state index >= 15 is 0 Å². The average molecular weight is 321 g/mol. The van der Waals surface area contributed by atoms with Gasteiger partial charge >= 0.3 is 0 Å². The molecule has 23 heavy (non-hydrogen) atoms. The molecule has 6 heteroatoms. The zero-order valence-electron chi connectivity index (χ0n) is 14.2. The van der Waals surface area contributed by atoms with E-state index in [0.29, 0.717) is 23.4 Å². The minimum absolute atomic E-state index is 0.0331. The number of ether oxygens (including phenoxy) is 1. The van der Waals surface area contributed by atoms with Crippen molar-refractivity contribution in [1.82, 2.24) is 15.3 Å². The smallest absolute Gasteiger partial charge is 0.271 e. The SMILES string of the molecule is CC1CCC(C(C)C)C(OCC(=O)NCc2ncc[nH]c2=O)C1. The van der Waals surface area contributed by atoms with Crippen LogP contribution in [0.4, 0.5) is 0 Å². The molecule has 1 amide bonds. The van der Waals surface area contributed by atoms with Crippen LogP contribution in [0.3, 0.4) is 0 Å². The molecule has 1 heterocycles. The highest BCUT2D eigenvalue weighted by atomic mass is 16.5. The number of hydrogen-bond donors (Lipinski definition) is 2. The van der Waals surface area contributed by atoms with Crippen molar-refractivity contribution in [3.63, 3.8) is 0 Å². The van der Waals surface area contributed by atoms with Crippen molar-refractivity contribution in [1.29, 1.82) is 0 Å². The van der Waals surface area contributed by atoms with E-state index < -0.39 is 0 Å². The normalized spacial score (nSPS) is 24.6. The second kappa shape index (κ2) is 8.24. The maximum atomic E-state index is 12.0. The van der Waals surface area contributed by atoms with Gasteiger partial charge in [0.25, 0.3) is 5.56 Å². The summed E-state index contributed by atoms with van der Waals surface area (Å²) in [6.07, 6.45) is 6.51. The summed E-state index contributed by atoms with van der Waals surface area (Å²) < 4.78 is 5.89. The van der Waals surface area contributed by atoms with Crippen LogP contribution < -0.4 is 10.9 Å². The summed E-state index contributed by atoms with van der Waals surface area (Å²) in [5.41, 5.74) is 0.0156. The van der Waals surface area contributed by atoms with Crippen LogP contribution in [0.15, 0.2) is 17.2 Å². The van der Waals surface area contributed by atoms with E-state index in [1.54, 1.807) is 0 Å². The first-order valence-electron chi connectivity index (χ1n) is 8.38. The van der Waals surface area contributed by atoms with Gasteiger partial charge in [-0.25, -0.2) is 0 Å². The number of carbonyl (C=O) groups excluding carboxylic acids is 1. The molecule has 1 aliphatic carbocycles. The number of rotatable bonds is 6. The summed E-state index contributed by atoms with van der Waals surface area (Å²) in [5.74, 6) is 1.50. The number of aromatic amines is 1. The zero-order valence-corrected chi connectivity index (χ0v) is 14.2. The first-order chi connectivity index (χ1) is 11.0. The third-order valence-electron chi connectivity index (χ3n) is 4.62. The van der Waals surface area contributed by atoms with Gasteiger partial charge in [0, 0.05) is 12.4 Å². The topological polar surface area (TPSA) is 84.1 Å². The molecule has 3 atom stereocenters. The first-order valence-corrected chi connectivity index (χ1v) is 8.38. The van der Waals surface area contributed by atoms with Crippen LogP contribution in [-0.4, -0.2) is 28.6 Å². The van der Waals surface area contributed by atoms with Gasteiger partial charge in [-0.3, -0.25) is 14.6 Å². The first kappa shape index (κ1) is 17.7. The van der Waals surface area contributed by atoms with Crippen LogP contribution in [-0.2, 0) is 16.1 Å². The molecule has 0 saturated heterocycles. The van der Waals surface area contributed by atoms with Gasteiger partial charge in [0.05, 0.1) is 12.6 Å². The predicted molar refractivity (Wildman–Crippen MR) is 87.8 cm³/mol. The van der Waals surface area contributed by atoms with Crippen LogP contribution in [0.5, 0.6) is 0 Å². The van der Waals surface area contributed by atoms with E-state index in [-0.39, 0.29) is 30.7 Å². The van der Waals surface area contributed by atoms with Gasteiger partial charge < -0.3 is 15.0 Å². The maximum absolute atomic E-state index is 12.0. The van der Waals surface area contributed by atoms with Crippen molar-refractivity contribution in [2.75, 3.05) is 6.61 Å². The minimum atomic E-state index is -0.283. The number of carbonyl (C=O) groups is 1. The predicted octanol–water partition coefficient (Wildman–Crippen LogP) is 1.86. The highest BCUT2D eigenvalue weighted by molar-refractivity contribution is 5.77. The quantitative estimate of drug-likeness (QED) is 0.837. The number of nitrogens with zero attached hydrogens (tertiary/aromatic N) is 1. The van der Waals surface area contributed by atoms with E-state index in [2.05, 4.69) is 36.1 Å². The van der Waals surface area contributed by atoms with Crippen LogP contribution in [0, 0.1) is 17.8 Å². The second-order valence-corrected chi connectivity index (χ2v) is 6.82. The van der Waals surface area contributed by atoms with Crippen LogP contribution in [0.2, 0.25) is 0 Å². The monoisotopic (exact) mass is 321 g/mol. The Hall–Kier alpha value is -1.69. The van der Waals surface area contributed by atoms with E-state index in [0.717, 1.165) is 12.8 Å². The van der Waals surface area contributed by atoms with Crippen molar-refractivity contribution in [2.24, 2.45) is 17.8 Å². The molecule has 1 aromatic rings. The van der Waals surface area contributed by atoms with Crippen LogP contribution in [0.25, 0.3) is 0 Å². The Morgan fingerprint density at radius 2 is 2.26 bits per heavy atom. The Morgan fingerprint density at radius 3 is 2.96 bits per heavy atom. The van der Waals surface area contributed by atoms with Crippen molar-refractivity contribution in [2.45, 2.75) is 52.7 Å². The number of aromatic nitrogens is 2. The maximum Gasteiger partial charge on any atom is 0.271 e. The molecule has 0 aromatic carbocycles. The van der Waals surface area contributed by atoms with Gasteiger partial charge in [-0.15, -0.1) is 0 Å². The van der Waals surface area contributed by atoms with Gasteiger partial charge in [0.15, 0.2) is 0 Å². The Balaban J connectivity index is 1.81. The van der Waals surface area contributed by atoms with E-state index in [1.807, 2.05) is 0 Å². The van der Waals surface area contributed by atoms with Gasteiger partial charge in [0.1, 0.15) is 12.3 Å². The Labute approximate surface area is 137 Å². The minimum Gasteiger partial charge on any atom is -0.368 e. The van der Waals surface area contributed by atoms with Gasteiger partial charge in [-0.1, -0.05) is 27.2 Å². The van der Waals surface area contributed by atoms with Gasteiger partial charge in [0.2, 0.25) is 5.91 Å². The molecule has 2 rings (SSSR count). The number of nitrogens with one attached hydrogen (secondary N) is 2. The van der Waals surface area contributed by atoms with Crippen molar-refractivity contribution >= 4 is 5.91 Å². The Morgan fingerprint density at radius 1 is 1.48 bits per heavy atom. The van der Waals surface area contributed by atoms with Gasteiger partial charge in [-0.2, -0.15) is 0 Å². The summed E-state index contributed by atoms with van der Waals surface area (Å²) in [6, 6.07) is 0. The molecule has 3 unspecified atom stereocenters. The van der Waals surface area contributed by atoms with Crippen molar-refractivity contribution < 1.29 is 9.53 Å². The summed E-state index contributed by atoms with van der Waals surface area (Å²) in [6.45, 7) is 6.81. The molecule has 0 bridgehead atoms. The summed E-state index contributed by atoms with van der Waals surface area (Å²) in [5, 5.41) is 2.69. The molecule has 2 N–H and O–H groups in total. The molecule has 1 aromatic heterocycles. The van der Waals surface area contributed by atoms with Crippen LogP contribution >= 0.6 is 0 Å². The summed E-state index contributed by atoms with van der Waals surface area (Å²) in [7, 11) is 0. The highest BCUT2D eigenvalue weighted by Crippen LogP contribution is 2.35. The molecular formula is C17H27N3O3. The molecule has 128 valence electrons. The molecule has 1 aliphatic rings. The molecule has 0 radical (unpaired) electrons. The third-order valence-corrected chi connectivity index (χ3v) is 4.62. The second-order valence-electron chi connectivity index (χ2n) is 6.82. The van der Waals surface area contributed by atoms with Crippen molar-refractivity contribution in [3.8, 4) is 0 Å². The standard InChI is InChI=1S/C17H27N3O3/c1-11(2)13-5-4-12(3)8-15(13)23-10-16(21)20-9-14-17(22)19-7-6-18-14/h6-7,11-13,15H,4-5,8-10H2,1-3H3,(H,19,22)(H,20,21). The lowest BCUT2D eigenvalue weighted by Gasteiger charge is -2.37. The lowest BCUT2D eigenvalue weighted by molar-refractivity contribution is -0.131. The molecule has 1 fully saturated rings. The molecule has 0 spiro atoms. The lowest BCUT2D eigenvalue weighted by Crippen LogP contribution is -2.38. The van der Waals surface area contributed by atoms with E-state index in [1.165, 1.54) is 18.8 Å². The number of amides is 1. The largest absolute Gasteiger partial charge is 0.368 e. The highest BCUT2D eigenvalue weighted by Gasteiger charge is 2.31.